The first-order valence-corrected chi connectivity index (χ1v) is 6.18. The lowest BCUT2D eigenvalue weighted by molar-refractivity contribution is 0.0958. The van der Waals surface area contributed by atoms with Gasteiger partial charge in [0.15, 0.2) is 0 Å². The number of terminal acetylenes is 1. The average molecular weight is 259 g/mol. The van der Waals surface area contributed by atoms with Gasteiger partial charge in [0.05, 0.1) is 6.54 Å². The van der Waals surface area contributed by atoms with Crippen molar-refractivity contribution in [3.63, 3.8) is 0 Å². The smallest absolute Gasteiger partial charge is 0.252 e. The summed E-state index contributed by atoms with van der Waals surface area (Å²) in [6, 6.07) is 16.9. The molecule has 2 nitrogen and oxygen atoms in total. The normalized spacial score (nSPS) is 8.95. The van der Waals surface area contributed by atoms with Gasteiger partial charge in [-0.25, -0.2) is 0 Å². The molecule has 0 unspecified atom stereocenters. The summed E-state index contributed by atoms with van der Waals surface area (Å²) in [5.74, 6) is 8.31. The van der Waals surface area contributed by atoms with E-state index in [4.69, 9.17) is 6.42 Å². The predicted molar refractivity (Wildman–Crippen MR) is 80.0 cm³/mol. The number of hydrogen-bond donors (Lipinski definition) is 1. The first-order valence-electron chi connectivity index (χ1n) is 6.18. The highest BCUT2D eigenvalue weighted by Crippen LogP contribution is 2.04. The fraction of sp³-hybridized carbons (Fsp3) is 0.0556. The first kappa shape index (κ1) is 13.5. The Labute approximate surface area is 118 Å². The van der Waals surface area contributed by atoms with Crippen molar-refractivity contribution in [2.45, 2.75) is 0 Å². The molecule has 0 fully saturated rings. The minimum atomic E-state index is -0.175. The van der Waals surface area contributed by atoms with E-state index < -0.39 is 0 Å². The fourth-order valence-electron chi connectivity index (χ4n) is 1.60. The third-order valence-electron chi connectivity index (χ3n) is 2.62. The van der Waals surface area contributed by atoms with Gasteiger partial charge in [0, 0.05) is 16.7 Å². The van der Waals surface area contributed by atoms with Gasteiger partial charge in [0.2, 0.25) is 0 Å². The maximum atomic E-state index is 11.7. The van der Waals surface area contributed by atoms with Crippen LogP contribution in [-0.4, -0.2) is 12.5 Å². The summed E-state index contributed by atoms with van der Waals surface area (Å²) in [6.45, 7) is 0.231. The maximum Gasteiger partial charge on any atom is 0.252 e. The van der Waals surface area contributed by atoms with Gasteiger partial charge in [-0.05, 0) is 36.4 Å². The molecule has 1 amide bonds. The molecule has 1 N–H and O–H groups in total. The minimum Gasteiger partial charge on any atom is -0.341 e. The molecule has 0 bridgehead atoms. The van der Waals surface area contributed by atoms with E-state index in [0.717, 1.165) is 11.1 Å². The molecule has 0 radical (unpaired) electrons. The number of carbonyl (C=O) groups excluding carboxylic acids is 1. The van der Waals surface area contributed by atoms with E-state index in [2.05, 4.69) is 23.1 Å². The van der Waals surface area contributed by atoms with Gasteiger partial charge in [-0.3, -0.25) is 4.79 Å². The largest absolute Gasteiger partial charge is 0.341 e. The molecule has 0 saturated carbocycles. The zero-order valence-corrected chi connectivity index (χ0v) is 10.9. The predicted octanol–water partition coefficient (Wildman–Crippen LogP) is 2.45. The van der Waals surface area contributed by atoms with E-state index in [1.165, 1.54) is 0 Å². The zero-order valence-electron chi connectivity index (χ0n) is 10.9. The molecular weight excluding hydrogens is 246 g/mol. The van der Waals surface area contributed by atoms with Crippen molar-refractivity contribution in [1.82, 2.24) is 5.32 Å². The molecule has 0 aliphatic carbocycles. The standard InChI is InChI=1S/C18H13NO/c1-2-14-19-18(20)17-12-10-16(11-13-17)9-8-15-6-4-3-5-7-15/h1,3-7,10-13H,14H2,(H,19,20). The SMILES string of the molecule is C#CCNC(=O)c1ccc(C#Cc2ccccc2)cc1. The van der Waals surface area contributed by atoms with E-state index in [0.29, 0.717) is 5.56 Å². The molecule has 0 atom stereocenters. The minimum absolute atomic E-state index is 0.175. The lowest BCUT2D eigenvalue weighted by Gasteiger charge is -2.01. The van der Waals surface area contributed by atoms with Crippen molar-refractivity contribution < 1.29 is 4.79 Å². The van der Waals surface area contributed by atoms with Crippen LogP contribution in [0, 0.1) is 24.2 Å². The molecular formula is C18H13NO. The second kappa shape index (κ2) is 6.83. The second-order valence-corrected chi connectivity index (χ2v) is 4.08. The monoisotopic (exact) mass is 259 g/mol. The highest BCUT2D eigenvalue weighted by molar-refractivity contribution is 5.94. The van der Waals surface area contributed by atoms with E-state index in [-0.39, 0.29) is 12.5 Å². The Bertz CT molecular complexity index is 682. The highest BCUT2D eigenvalue weighted by atomic mass is 16.1. The highest BCUT2D eigenvalue weighted by Gasteiger charge is 2.02. The van der Waals surface area contributed by atoms with Gasteiger partial charge in [-0.1, -0.05) is 36.0 Å². The molecule has 2 aromatic rings. The lowest BCUT2D eigenvalue weighted by Crippen LogP contribution is -2.23. The number of benzene rings is 2. The van der Waals surface area contributed by atoms with E-state index in [1.54, 1.807) is 12.1 Å². The Morgan fingerprint density at radius 1 is 0.950 bits per heavy atom. The Kier molecular flexibility index (Phi) is 4.60. The summed E-state index contributed by atoms with van der Waals surface area (Å²) in [4.78, 5) is 11.7. The van der Waals surface area contributed by atoms with Crippen LogP contribution in [0.3, 0.4) is 0 Å². The summed E-state index contributed by atoms with van der Waals surface area (Å²) >= 11 is 0. The van der Waals surface area contributed by atoms with Crippen LogP contribution in [0.1, 0.15) is 21.5 Å². The van der Waals surface area contributed by atoms with Crippen LogP contribution in [0.2, 0.25) is 0 Å². The number of hydrogen-bond acceptors (Lipinski definition) is 1. The molecule has 20 heavy (non-hydrogen) atoms. The van der Waals surface area contributed by atoms with Crippen LogP contribution < -0.4 is 5.32 Å². The van der Waals surface area contributed by atoms with Gasteiger partial charge in [0.1, 0.15) is 0 Å². The molecule has 0 aliphatic heterocycles. The zero-order chi connectivity index (χ0) is 14.2. The molecule has 0 spiro atoms. The summed E-state index contributed by atoms with van der Waals surface area (Å²) in [7, 11) is 0. The molecule has 0 heterocycles. The molecule has 2 heteroatoms. The van der Waals surface area contributed by atoms with Crippen molar-refractivity contribution >= 4 is 5.91 Å². The molecule has 0 aliphatic rings. The van der Waals surface area contributed by atoms with Crippen molar-refractivity contribution in [1.29, 1.82) is 0 Å². The van der Waals surface area contributed by atoms with Crippen molar-refractivity contribution in [3.8, 4) is 24.2 Å². The van der Waals surface area contributed by atoms with Crippen molar-refractivity contribution in [2.24, 2.45) is 0 Å². The third kappa shape index (κ3) is 3.77. The summed E-state index contributed by atoms with van der Waals surface area (Å²) in [5, 5.41) is 2.61. The van der Waals surface area contributed by atoms with Crippen LogP contribution in [0.15, 0.2) is 54.6 Å². The molecule has 2 rings (SSSR count). The van der Waals surface area contributed by atoms with Gasteiger partial charge >= 0.3 is 0 Å². The Morgan fingerprint density at radius 2 is 1.55 bits per heavy atom. The topological polar surface area (TPSA) is 29.1 Å². The molecule has 0 saturated heterocycles. The van der Waals surface area contributed by atoms with Crippen LogP contribution in [-0.2, 0) is 0 Å². The fourth-order valence-corrected chi connectivity index (χ4v) is 1.60. The summed E-state index contributed by atoms with van der Waals surface area (Å²) in [5.41, 5.74) is 2.40. The van der Waals surface area contributed by atoms with Crippen LogP contribution in [0.4, 0.5) is 0 Å². The second-order valence-electron chi connectivity index (χ2n) is 4.08. The number of amides is 1. The molecule has 0 aromatic heterocycles. The Morgan fingerprint density at radius 3 is 2.15 bits per heavy atom. The number of rotatable bonds is 2. The number of carbonyl (C=O) groups is 1. The average Bonchev–Trinajstić information content (AvgIpc) is 2.52. The Hall–Kier alpha value is -2.97. The van der Waals surface area contributed by atoms with Crippen LogP contribution in [0.5, 0.6) is 0 Å². The number of nitrogens with one attached hydrogen (secondary N) is 1. The molecule has 2 aromatic carbocycles. The van der Waals surface area contributed by atoms with E-state index in [1.807, 2.05) is 42.5 Å². The third-order valence-corrected chi connectivity index (χ3v) is 2.62. The van der Waals surface area contributed by atoms with Crippen molar-refractivity contribution in [3.05, 3.63) is 71.3 Å². The van der Waals surface area contributed by atoms with E-state index in [9.17, 15) is 4.79 Å². The van der Waals surface area contributed by atoms with Crippen LogP contribution >= 0.6 is 0 Å². The maximum absolute atomic E-state index is 11.7. The first-order chi connectivity index (χ1) is 9.79. The molecule has 96 valence electrons. The summed E-state index contributed by atoms with van der Waals surface area (Å²) in [6.07, 6.45) is 5.09. The van der Waals surface area contributed by atoms with Gasteiger partial charge in [-0.15, -0.1) is 6.42 Å². The Balaban J connectivity index is 2.08. The van der Waals surface area contributed by atoms with Crippen molar-refractivity contribution in [2.75, 3.05) is 6.54 Å². The van der Waals surface area contributed by atoms with Gasteiger partial charge in [0.25, 0.3) is 5.91 Å². The lowest BCUT2D eigenvalue weighted by atomic mass is 10.1. The quantitative estimate of drug-likeness (QED) is 0.825. The van der Waals surface area contributed by atoms with Gasteiger partial charge in [-0.2, -0.15) is 0 Å². The summed E-state index contributed by atoms with van der Waals surface area (Å²) < 4.78 is 0. The van der Waals surface area contributed by atoms with Gasteiger partial charge < -0.3 is 5.32 Å². The van der Waals surface area contributed by atoms with Crippen LogP contribution in [0.25, 0.3) is 0 Å². The van der Waals surface area contributed by atoms with E-state index >= 15 is 0 Å².